The maximum atomic E-state index is 14.1. The number of nitrogens with one attached hydrogen (secondary N) is 4. The van der Waals surface area contributed by atoms with Gasteiger partial charge >= 0.3 is 18.1 Å². The summed E-state index contributed by atoms with van der Waals surface area (Å²) in [5.41, 5.74) is 2.55. The molecule has 5 amide bonds. The van der Waals surface area contributed by atoms with Gasteiger partial charge in [-0.25, -0.2) is 9.59 Å². The summed E-state index contributed by atoms with van der Waals surface area (Å²) >= 11 is 0. The van der Waals surface area contributed by atoms with Crippen molar-refractivity contribution < 1.29 is 33.4 Å². The lowest BCUT2D eigenvalue weighted by Crippen LogP contribution is -2.52. The number of aryl methyl sites for hydroxylation is 1. The number of para-hydroxylation sites is 2. The third kappa shape index (κ3) is 11.9. The highest BCUT2D eigenvalue weighted by Crippen LogP contribution is 2.31. The highest BCUT2D eigenvalue weighted by molar-refractivity contribution is 6.00. The number of fused-ring (bicyclic) bond motifs is 1. The summed E-state index contributed by atoms with van der Waals surface area (Å²) in [6, 6.07) is 21.4. The zero-order valence-electron chi connectivity index (χ0n) is 31.3. The third-order valence-corrected chi connectivity index (χ3v) is 7.92. The normalized spacial score (nSPS) is 14.7. The van der Waals surface area contributed by atoms with Crippen molar-refractivity contribution >= 4 is 41.3 Å². The number of anilines is 2. The van der Waals surface area contributed by atoms with E-state index in [0.717, 1.165) is 27.9 Å². The van der Waals surface area contributed by atoms with E-state index in [1.165, 1.54) is 0 Å². The van der Waals surface area contributed by atoms with Crippen LogP contribution in [0.3, 0.4) is 0 Å². The Morgan fingerprint density at radius 3 is 2.12 bits per heavy atom. The molecule has 0 spiro atoms. The molecule has 4 rings (SSSR count). The Kier molecular flexibility index (Phi) is 12.4. The summed E-state index contributed by atoms with van der Waals surface area (Å²) in [6.45, 7) is 14.0. The van der Waals surface area contributed by atoms with Crippen molar-refractivity contribution in [2.75, 3.05) is 16.8 Å². The van der Waals surface area contributed by atoms with E-state index in [1.54, 1.807) is 72.4 Å². The van der Waals surface area contributed by atoms with Gasteiger partial charge in [0.15, 0.2) is 0 Å². The van der Waals surface area contributed by atoms with Crippen molar-refractivity contribution in [3.63, 3.8) is 0 Å². The Bertz CT molecular complexity index is 1770. The van der Waals surface area contributed by atoms with E-state index in [9.17, 15) is 24.0 Å². The van der Waals surface area contributed by atoms with Crippen LogP contribution in [-0.4, -0.2) is 59.2 Å². The highest BCUT2D eigenvalue weighted by Gasteiger charge is 2.33. The average Bonchev–Trinajstić information content (AvgIpc) is 3.14. The molecule has 0 bridgehead atoms. The summed E-state index contributed by atoms with van der Waals surface area (Å²) < 4.78 is 10.6. The van der Waals surface area contributed by atoms with Gasteiger partial charge in [-0.2, -0.15) is 0 Å². The molecule has 3 aromatic rings. The minimum atomic E-state index is -0.914. The van der Waals surface area contributed by atoms with Crippen LogP contribution in [0, 0.1) is 0 Å². The number of carbonyl (C=O) groups excluding carboxylic acids is 5. The molecule has 0 fully saturated rings. The van der Waals surface area contributed by atoms with Crippen molar-refractivity contribution in [1.82, 2.24) is 16.0 Å². The number of alkyl carbamates (subject to hydrolysis) is 1. The molecular formula is C40H51N5O7. The number of esters is 1. The van der Waals surface area contributed by atoms with E-state index >= 15 is 0 Å². The molecule has 0 saturated heterocycles. The zero-order chi connectivity index (χ0) is 38.3. The first-order chi connectivity index (χ1) is 24.3. The molecule has 0 radical (unpaired) electrons. The van der Waals surface area contributed by atoms with Crippen molar-refractivity contribution in [2.45, 2.75) is 104 Å². The molecule has 52 heavy (non-hydrogen) atoms. The van der Waals surface area contributed by atoms with E-state index in [4.69, 9.17) is 9.47 Å². The van der Waals surface area contributed by atoms with Gasteiger partial charge in [0.25, 0.3) is 0 Å². The molecule has 0 saturated carbocycles. The van der Waals surface area contributed by atoms with Crippen molar-refractivity contribution in [2.24, 2.45) is 0 Å². The first-order valence-corrected chi connectivity index (χ1v) is 17.4. The molecule has 12 nitrogen and oxygen atoms in total. The number of benzene rings is 3. The Balaban J connectivity index is 1.45. The topological polar surface area (TPSA) is 155 Å². The number of nitrogens with zero attached hydrogens (tertiary/aromatic N) is 1. The molecule has 4 N–H and O–H groups in total. The minimum Gasteiger partial charge on any atom is -0.459 e. The van der Waals surface area contributed by atoms with Gasteiger partial charge in [0.05, 0.1) is 12.2 Å². The van der Waals surface area contributed by atoms with Crippen LogP contribution < -0.4 is 26.2 Å². The van der Waals surface area contributed by atoms with Gasteiger partial charge in [-0.1, -0.05) is 60.7 Å². The smallest absolute Gasteiger partial charge is 0.408 e. The Morgan fingerprint density at radius 1 is 0.808 bits per heavy atom. The second kappa shape index (κ2) is 16.3. The quantitative estimate of drug-likeness (QED) is 0.176. The summed E-state index contributed by atoms with van der Waals surface area (Å²) in [7, 11) is 0. The van der Waals surface area contributed by atoms with Gasteiger partial charge in [0, 0.05) is 23.2 Å². The highest BCUT2D eigenvalue weighted by atomic mass is 16.6. The van der Waals surface area contributed by atoms with E-state index < -0.39 is 40.9 Å². The third-order valence-electron chi connectivity index (χ3n) is 7.92. The number of hydrogen-bond acceptors (Lipinski definition) is 7. The summed E-state index contributed by atoms with van der Waals surface area (Å²) in [5.74, 6) is -1.13. The lowest BCUT2D eigenvalue weighted by molar-refractivity contribution is -0.153. The summed E-state index contributed by atoms with van der Waals surface area (Å²) in [5, 5.41) is 11.0. The molecule has 0 aromatic heterocycles. The van der Waals surface area contributed by atoms with Gasteiger partial charge in [0.1, 0.15) is 23.8 Å². The molecule has 1 heterocycles. The first-order valence-electron chi connectivity index (χ1n) is 17.4. The minimum absolute atomic E-state index is 0.0494. The van der Waals surface area contributed by atoms with Crippen molar-refractivity contribution in [3.8, 4) is 11.1 Å². The van der Waals surface area contributed by atoms with Gasteiger partial charge in [-0.15, -0.1) is 0 Å². The molecule has 1 atom stereocenters. The maximum Gasteiger partial charge on any atom is 0.408 e. The van der Waals surface area contributed by atoms with Crippen LogP contribution in [-0.2, 0) is 36.8 Å². The molecule has 0 aliphatic carbocycles. The van der Waals surface area contributed by atoms with E-state index in [0.29, 0.717) is 18.5 Å². The monoisotopic (exact) mass is 713 g/mol. The van der Waals surface area contributed by atoms with Crippen LogP contribution in [0.2, 0.25) is 0 Å². The second-order valence-corrected chi connectivity index (χ2v) is 15.5. The zero-order valence-corrected chi connectivity index (χ0v) is 31.3. The standard InChI is InChI=1S/C40H51N5O7/c1-38(2,3)51-34(47)24-41-36(49)43-30-15-11-10-14-29(30)27-19-17-26(18-20-27)25-45-32-16-12-9-13-28(32)21-22-31(35(45)48)42-33(46)23-40(7,8)44-37(50)52-39(4,5)6/h9-20,31H,21-25H2,1-8H3,(H,42,46)(H,44,50)(H2,41,43,49)/t31-/m1/s1. The second-order valence-electron chi connectivity index (χ2n) is 15.5. The molecule has 3 aromatic carbocycles. The number of hydrogen-bond donors (Lipinski definition) is 4. The first kappa shape index (κ1) is 39.4. The van der Waals surface area contributed by atoms with Crippen LogP contribution >= 0.6 is 0 Å². The van der Waals surface area contributed by atoms with Gasteiger partial charge in [-0.05, 0) is 97.1 Å². The predicted octanol–water partition coefficient (Wildman–Crippen LogP) is 6.47. The van der Waals surface area contributed by atoms with Gasteiger partial charge in [0.2, 0.25) is 11.8 Å². The average molecular weight is 714 g/mol. The summed E-state index contributed by atoms with van der Waals surface area (Å²) in [6.07, 6.45) is 0.346. The molecule has 1 aliphatic heterocycles. The summed E-state index contributed by atoms with van der Waals surface area (Å²) in [4.78, 5) is 66.1. The Hall–Kier alpha value is -5.39. The molecule has 278 valence electrons. The fourth-order valence-corrected chi connectivity index (χ4v) is 5.80. The maximum absolute atomic E-state index is 14.1. The van der Waals surface area contributed by atoms with Crippen molar-refractivity contribution in [1.29, 1.82) is 0 Å². The van der Waals surface area contributed by atoms with Crippen LogP contribution in [0.25, 0.3) is 11.1 Å². The van der Waals surface area contributed by atoms with E-state index in [1.807, 2.05) is 60.7 Å². The largest absolute Gasteiger partial charge is 0.459 e. The van der Waals surface area contributed by atoms with Gasteiger partial charge in [-0.3, -0.25) is 14.4 Å². The van der Waals surface area contributed by atoms with Gasteiger partial charge < -0.3 is 35.6 Å². The van der Waals surface area contributed by atoms with Crippen LogP contribution in [0.15, 0.2) is 72.8 Å². The molecule has 12 heteroatoms. The van der Waals surface area contributed by atoms with Crippen LogP contribution in [0.5, 0.6) is 0 Å². The number of amides is 5. The van der Waals surface area contributed by atoms with Crippen LogP contribution in [0.1, 0.15) is 79.4 Å². The van der Waals surface area contributed by atoms with E-state index in [-0.39, 0.29) is 31.3 Å². The lowest BCUT2D eigenvalue weighted by Gasteiger charge is -2.29. The van der Waals surface area contributed by atoms with E-state index in [2.05, 4.69) is 21.3 Å². The Morgan fingerprint density at radius 2 is 1.44 bits per heavy atom. The number of carbonyl (C=O) groups is 5. The number of rotatable bonds is 10. The number of ether oxygens (including phenoxy) is 2. The molecule has 1 aliphatic rings. The SMILES string of the molecule is CC(C)(CC(=O)N[C@@H]1CCc2ccccc2N(Cc2ccc(-c3ccccc3NC(=O)NCC(=O)OC(C)(C)C)cc2)C1=O)NC(=O)OC(C)(C)C. The van der Waals surface area contributed by atoms with Crippen molar-refractivity contribution in [3.05, 3.63) is 83.9 Å². The molecule has 0 unspecified atom stereocenters. The fraction of sp³-hybridized carbons (Fsp3) is 0.425. The van der Waals surface area contributed by atoms with Crippen LogP contribution in [0.4, 0.5) is 21.0 Å². The predicted molar refractivity (Wildman–Crippen MR) is 201 cm³/mol. The Labute approximate surface area is 306 Å². The lowest BCUT2D eigenvalue weighted by atomic mass is 9.99. The molecular weight excluding hydrogens is 662 g/mol. The fourth-order valence-electron chi connectivity index (χ4n) is 5.80. The number of urea groups is 1.